The van der Waals surface area contributed by atoms with Crippen LogP contribution in [0.25, 0.3) is 0 Å². The van der Waals surface area contributed by atoms with E-state index >= 15 is 0 Å². The van der Waals surface area contributed by atoms with Gasteiger partial charge in [-0.1, -0.05) is 364 Å². The summed E-state index contributed by atoms with van der Waals surface area (Å²) in [6, 6.07) is 0. The third kappa shape index (κ3) is 59.3. The van der Waals surface area contributed by atoms with Gasteiger partial charge in [-0.25, -0.2) is 0 Å². The van der Waals surface area contributed by atoms with E-state index in [4.69, 9.17) is 9.47 Å². The van der Waals surface area contributed by atoms with Crippen molar-refractivity contribution in [3.8, 4) is 0 Å². The number of esters is 2. The smallest absolute Gasteiger partial charge is 0.306 e. The van der Waals surface area contributed by atoms with Gasteiger partial charge in [0.2, 0.25) is 0 Å². The molecule has 2 N–H and O–H groups in total. The van der Waals surface area contributed by atoms with E-state index in [0.717, 1.165) is 114 Å². The van der Waals surface area contributed by atoms with Crippen molar-refractivity contribution in [2.45, 2.75) is 415 Å². The quantitative estimate of drug-likeness (QED) is 0.0455. The summed E-state index contributed by atoms with van der Waals surface area (Å²) in [5.74, 6) is -0.857. The van der Waals surface area contributed by atoms with Gasteiger partial charge in [-0.05, 0) is 62.2 Å². The molecular weight excluding hydrogens is 1050 g/mol. The average molecular weight is 1200 g/mol. The molecule has 2 unspecified atom stereocenters. The second-order valence-corrected chi connectivity index (χ2v) is 29.4. The lowest BCUT2D eigenvalue weighted by Gasteiger charge is -2.37. The van der Waals surface area contributed by atoms with Crippen LogP contribution in [0.5, 0.6) is 0 Å². The van der Waals surface area contributed by atoms with Crippen LogP contribution in [-0.4, -0.2) is 47.3 Å². The Bertz CT molecular complexity index is 1360. The van der Waals surface area contributed by atoms with Crippen molar-refractivity contribution in [2.75, 3.05) is 13.2 Å². The van der Waals surface area contributed by atoms with Crippen molar-refractivity contribution in [1.82, 2.24) is 0 Å². The zero-order valence-corrected chi connectivity index (χ0v) is 58.3. The van der Waals surface area contributed by atoms with Crippen LogP contribution < -0.4 is 0 Å². The summed E-state index contributed by atoms with van der Waals surface area (Å²) in [5.41, 5.74) is -1.14. The minimum atomic E-state index is -1.14. The number of ether oxygens (including phenoxy) is 2. The SMILES string of the molecule is CC(C)CCCCCCCCCCCCCCC(=O)OCC(COC(=O)CCCCCCCCCCCCCCC(C)C)(CC(CCCCCCCCCCCCCC(C)C)C(=O)O)CC(CCCCCCCCCCCCCC(C)C)C(=O)O. The number of carboxylic acid groups (broad SMARTS) is 2. The lowest BCUT2D eigenvalue weighted by molar-refractivity contribution is -0.159. The molecule has 8 heteroatoms. The van der Waals surface area contributed by atoms with Crippen LogP contribution in [0.4, 0.5) is 0 Å². The lowest BCUT2D eigenvalue weighted by atomic mass is 9.72. The first-order valence-electron chi connectivity index (χ1n) is 37.8. The molecule has 0 rings (SSSR count). The lowest BCUT2D eigenvalue weighted by Crippen LogP contribution is -2.41. The molecular formula is C77H148O8. The summed E-state index contributed by atoms with van der Waals surface area (Å²) in [4.78, 5) is 53.8. The van der Waals surface area contributed by atoms with Crippen molar-refractivity contribution < 1.29 is 38.9 Å². The summed E-state index contributed by atoms with van der Waals surface area (Å²) >= 11 is 0. The van der Waals surface area contributed by atoms with Crippen LogP contribution in [-0.2, 0) is 28.7 Å². The van der Waals surface area contributed by atoms with Crippen LogP contribution in [0.3, 0.4) is 0 Å². The third-order valence-electron chi connectivity index (χ3n) is 18.6. The zero-order chi connectivity index (χ0) is 62.7. The van der Waals surface area contributed by atoms with Crippen LogP contribution in [0.2, 0.25) is 0 Å². The highest BCUT2D eigenvalue weighted by atomic mass is 16.5. The number of rotatable bonds is 68. The maximum atomic E-state index is 13.6. The van der Waals surface area contributed by atoms with Crippen molar-refractivity contribution in [3.63, 3.8) is 0 Å². The van der Waals surface area contributed by atoms with Gasteiger partial charge in [-0.3, -0.25) is 19.2 Å². The second-order valence-electron chi connectivity index (χ2n) is 29.4. The molecule has 0 saturated heterocycles. The minimum Gasteiger partial charge on any atom is -0.481 e. The molecule has 0 radical (unpaired) electrons. The zero-order valence-electron chi connectivity index (χ0n) is 58.3. The number of unbranched alkanes of at least 4 members (excludes halogenated alkanes) is 42. The van der Waals surface area contributed by atoms with E-state index in [-0.39, 0.29) is 50.8 Å². The third-order valence-corrected chi connectivity index (χ3v) is 18.6. The number of carbonyl (C=O) groups excluding carboxylic acids is 2. The van der Waals surface area contributed by atoms with E-state index in [1.807, 2.05) is 0 Å². The fourth-order valence-corrected chi connectivity index (χ4v) is 12.9. The van der Waals surface area contributed by atoms with E-state index in [1.165, 1.54) is 231 Å². The molecule has 2 atom stereocenters. The van der Waals surface area contributed by atoms with Gasteiger partial charge in [0, 0.05) is 18.3 Å². The molecule has 504 valence electrons. The average Bonchev–Trinajstić information content (AvgIpc) is 3.56. The molecule has 0 aromatic heterocycles. The molecule has 0 aliphatic carbocycles. The van der Waals surface area contributed by atoms with Crippen molar-refractivity contribution >= 4 is 23.9 Å². The molecule has 0 amide bonds. The Morgan fingerprint density at radius 1 is 0.259 bits per heavy atom. The van der Waals surface area contributed by atoms with Crippen LogP contribution >= 0.6 is 0 Å². The molecule has 85 heavy (non-hydrogen) atoms. The van der Waals surface area contributed by atoms with Gasteiger partial charge in [0.15, 0.2) is 0 Å². The van der Waals surface area contributed by atoms with Crippen molar-refractivity contribution in [1.29, 1.82) is 0 Å². The predicted molar refractivity (Wildman–Crippen MR) is 365 cm³/mol. The fourth-order valence-electron chi connectivity index (χ4n) is 12.9. The highest BCUT2D eigenvalue weighted by Crippen LogP contribution is 2.39. The van der Waals surface area contributed by atoms with Gasteiger partial charge in [-0.2, -0.15) is 0 Å². The highest BCUT2D eigenvalue weighted by molar-refractivity contribution is 5.72. The summed E-state index contributed by atoms with van der Waals surface area (Å²) < 4.78 is 12.3. The first-order chi connectivity index (χ1) is 41.1. The molecule has 0 aliphatic heterocycles. The van der Waals surface area contributed by atoms with E-state index < -0.39 is 29.2 Å². The van der Waals surface area contributed by atoms with Gasteiger partial charge in [0.25, 0.3) is 0 Å². The maximum Gasteiger partial charge on any atom is 0.306 e. The van der Waals surface area contributed by atoms with Gasteiger partial charge >= 0.3 is 23.9 Å². The van der Waals surface area contributed by atoms with E-state index in [2.05, 4.69) is 55.4 Å². The summed E-state index contributed by atoms with van der Waals surface area (Å²) in [7, 11) is 0. The van der Waals surface area contributed by atoms with Gasteiger partial charge in [0.05, 0.1) is 11.8 Å². The Morgan fingerprint density at radius 2 is 0.424 bits per heavy atom. The normalized spacial score (nSPS) is 12.8. The van der Waals surface area contributed by atoms with Gasteiger partial charge < -0.3 is 19.7 Å². The van der Waals surface area contributed by atoms with Crippen LogP contribution in [0.1, 0.15) is 415 Å². The summed E-state index contributed by atoms with van der Waals surface area (Å²) in [6.07, 6.45) is 61.9. The first kappa shape index (κ1) is 82.9. The number of carboxylic acids is 2. The van der Waals surface area contributed by atoms with Gasteiger partial charge in [-0.15, -0.1) is 0 Å². The number of carbonyl (C=O) groups is 4. The Hall–Kier alpha value is -2.12. The van der Waals surface area contributed by atoms with E-state index in [1.54, 1.807) is 0 Å². The topological polar surface area (TPSA) is 127 Å². The van der Waals surface area contributed by atoms with Crippen LogP contribution in [0.15, 0.2) is 0 Å². The van der Waals surface area contributed by atoms with E-state index in [9.17, 15) is 29.4 Å². The molecule has 0 fully saturated rings. The molecule has 8 nitrogen and oxygen atoms in total. The van der Waals surface area contributed by atoms with Gasteiger partial charge in [0.1, 0.15) is 13.2 Å². The molecule has 0 saturated carbocycles. The molecule has 0 heterocycles. The maximum absolute atomic E-state index is 13.6. The molecule has 0 aliphatic rings. The molecule has 0 aromatic carbocycles. The standard InChI is InChI=1S/C77H148O8/c1-67(2)55-47-39-31-23-15-9-11-21-29-37-45-53-61-73(78)84-65-77(63-71(75(80)81)59-51-43-35-27-19-13-17-25-33-41-49-57-69(5)6,64-72(76(82)83)60-52-44-36-28-20-14-18-26-34-42-50-58-70(7)8)66-85-74(79)62-54-46-38-30-22-12-10-16-24-32-40-48-56-68(3)4/h67-72H,9-66H2,1-8H3,(H,80,81)(H,82,83). The van der Waals surface area contributed by atoms with E-state index in [0.29, 0.717) is 12.8 Å². The second kappa shape index (κ2) is 60.8. The first-order valence-corrected chi connectivity index (χ1v) is 37.8. The number of hydrogen-bond donors (Lipinski definition) is 2. The Labute approximate surface area is 529 Å². The highest BCUT2D eigenvalue weighted by Gasteiger charge is 2.42. The summed E-state index contributed by atoms with van der Waals surface area (Å²) in [6.45, 7) is 18.2. The molecule has 0 spiro atoms. The number of hydrogen-bond acceptors (Lipinski definition) is 6. The molecule has 0 aromatic rings. The fraction of sp³-hybridized carbons (Fsp3) is 0.948. The predicted octanol–water partition coefficient (Wildman–Crippen LogP) is 24.9. The Morgan fingerprint density at radius 3 is 0.600 bits per heavy atom. The summed E-state index contributed by atoms with van der Waals surface area (Å²) in [5, 5.41) is 21.7. The Balaban J connectivity index is 5.86. The largest absolute Gasteiger partial charge is 0.481 e. The van der Waals surface area contributed by atoms with Crippen molar-refractivity contribution in [2.24, 2.45) is 40.9 Å². The monoisotopic (exact) mass is 1200 g/mol. The minimum absolute atomic E-state index is 0.109. The molecule has 0 bridgehead atoms. The van der Waals surface area contributed by atoms with Crippen molar-refractivity contribution in [3.05, 3.63) is 0 Å². The number of aliphatic carboxylic acids is 2. The van der Waals surface area contributed by atoms with Crippen LogP contribution in [0, 0.1) is 40.9 Å². The Kier molecular flexibility index (Phi) is 59.3.